The lowest BCUT2D eigenvalue weighted by Crippen LogP contribution is -2.44. The van der Waals surface area contributed by atoms with E-state index in [0.29, 0.717) is 0 Å². The molecule has 162 valence electrons. The molecule has 2 aromatic heterocycles. The van der Waals surface area contributed by atoms with Crippen LogP contribution in [0.3, 0.4) is 0 Å². The van der Waals surface area contributed by atoms with Crippen LogP contribution < -0.4 is 4.90 Å². The first kappa shape index (κ1) is 19.2. The van der Waals surface area contributed by atoms with Crippen LogP contribution in [-0.2, 0) is 13.0 Å². The Bertz CT molecular complexity index is 1060. The van der Waals surface area contributed by atoms with Crippen LogP contribution in [-0.4, -0.2) is 81.7 Å². The summed E-state index contributed by atoms with van der Waals surface area (Å²) in [4.78, 5) is 21.8. The minimum atomic E-state index is 0.815. The van der Waals surface area contributed by atoms with E-state index in [1.54, 1.807) is 0 Å². The number of nitrogens with zero attached hydrogens (tertiary/aromatic N) is 7. The van der Waals surface area contributed by atoms with E-state index in [9.17, 15) is 0 Å². The summed E-state index contributed by atoms with van der Waals surface area (Å²) < 4.78 is 2.43. The molecule has 1 aliphatic carbocycles. The van der Waals surface area contributed by atoms with Crippen LogP contribution in [0.2, 0.25) is 0 Å². The van der Waals surface area contributed by atoms with Crippen LogP contribution in [0.15, 0.2) is 30.6 Å². The number of likely N-dealkylation sites (N-methyl/N-ethyl adjacent to an activating group) is 1. The van der Waals surface area contributed by atoms with Gasteiger partial charge < -0.3 is 14.4 Å². The molecule has 0 amide bonds. The number of piperazine rings is 1. The summed E-state index contributed by atoms with van der Waals surface area (Å²) >= 11 is 0. The van der Waals surface area contributed by atoms with Gasteiger partial charge in [0.2, 0.25) is 0 Å². The number of fused-ring (bicyclic) bond motifs is 3. The Morgan fingerprint density at radius 2 is 1.77 bits per heavy atom. The summed E-state index contributed by atoms with van der Waals surface area (Å²) in [5, 5.41) is 0. The quantitative estimate of drug-likeness (QED) is 0.653. The number of imidazole rings is 1. The molecule has 0 bridgehead atoms. The van der Waals surface area contributed by atoms with E-state index in [-0.39, 0.29) is 0 Å². The maximum absolute atomic E-state index is 5.01. The minimum Gasteiger partial charge on any atom is -0.353 e. The summed E-state index contributed by atoms with van der Waals surface area (Å²) in [5.74, 6) is 2.20. The average Bonchev–Trinajstić information content (AvgIpc) is 2.99. The minimum absolute atomic E-state index is 0.815. The number of rotatable bonds is 3. The predicted molar refractivity (Wildman–Crippen MR) is 123 cm³/mol. The van der Waals surface area contributed by atoms with E-state index in [2.05, 4.69) is 44.5 Å². The number of anilines is 1. The first-order valence-corrected chi connectivity index (χ1v) is 11.7. The zero-order valence-electron chi connectivity index (χ0n) is 18.4. The Morgan fingerprint density at radius 1 is 0.903 bits per heavy atom. The number of hydrogen-bond donors (Lipinski definition) is 0. The molecule has 6 rings (SSSR count). The molecule has 3 aromatic rings. The van der Waals surface area contributed by atoms with Crippen molar-refractivity contribution in [2.45, 2.75) is 38.3 Å². The van der Waals surface area contributed by atoms with Gasteiger partial charge in [-0.1, -0.05) is 12.5 Å². The molecular weight excluding hydrogens is 386 g/mol. The Balaban J connectivity index is 1.22. The van der Waals surface area contributed by atoms with Crippen molar-refractivity contribution in [1.82, 2.24) is 29.3 Å². The van der Waals surface area contributed by atoms with Gasteiger partial charge in [-0.2, -0.15) is 0 Å². The van der Waals surface area contributed by atoms with Gasteiger partial charge in [0, 0.05) is 63.8 Å². The van der Waals surface area contributed by atoms with Crippen LogP contribution in [0.1, 0.15) is 25.1 Å². The Kier molecular flexibility index (Phi) is 4.88. The summed E-state index contributed by atoms with van der Waals surface area (Å²) in [6.07, 6.45) is 9.02. The molecule has 0 atom stereocenters. The molecule has 2 aliphatic heterocycles. The normalized spacial score (nSPS) is 21.1. The van der Waals surface area contributed by atoms with Crippen molar-refractivity contribution in [3.63, 3.8) is 0 Å². The van der Waals surface area contributed by atoms with Gasteiger partial charge in [-0.3, -0.25) is 9.88 Å². The molecule has 1 saturated carbocycles. The predicted octanol–water partition coefficient (Wildman–Crippen LogP) is 2.66. The molecule has 0 spiro atoms. The maximum atomic E-state index is 5.01. The molecule has 1 saturated heterocycles. The van der Waals surface area contributed by atoms with Crippen molar-refractivity contribution in [3.8, 4) is 11.3 Å². The van der Waals surface area contributed by atoms with Gasteiger partial charge in [0.05, 0.1) is 29.1 Å². The van der Waals surface area contributed by atoms with Crippen molar-refractivity contribution in [2.75, 3.05) is 51.2 Å². The molecule has 0 radical (unpaired) electrons. The highest BCUT2D eigenvalue weighted by atomic mass is 15.3. The smallest absolute Gasteiger partial charge is 0.147 e. The lowest BCUT2D eigenvalue weighted by atomic mass is 9.91. The van der Waals surface area contributed by atoms with E-state index in [1.165, 1.54) is 30.6 Å². The average molecular weight is 418 g/mol. The van der Waals surface area contributed by atoms with Crippen molar-refractivity contribution < 1.29 is 0 Å². The van der Waals surface area contributed by atoms with E-state index in [1.807, 2.05) is 12.4 Å². The second kappa shape index (κ2) is 7.88. The molecule has 0 N–H and O–H groups in total. The second-order valence-electron chi connectivity index (χ2n) is 9.30. The molecule has 31 heavy (non-hydrogen) atoms. The number of benzene rings is 1. The van der Waals surface area contributed by atoms with Crippen molar-refractivity contribution in [1.29, 1.82) is 0 Å². The highest BCUT2D eigenvalue weighted by molar-refractivity contribution is 5.82. The zero-order chi connectivity index (χ0) is 20.8. The Morgan fingerprint density at radius 3 is 2.52 bits per heavy atom. The van der Waals surface area contributed by atoms with Gasteiger partial charge >= 0.3 is 0 Å². The van der Waals surface area contributed by atoms with E-state index in [0.717, 1.165) is 80.9 Å². The maximum Gasteiger partial charge on any atom is 0.147 e. The molecule has 2 fully saturated rings. The molecule has 7 heteroatoms. The lowest BCUT2D eigenvalue weighted by Gasteiger charge is -2.36. The fraction of sp³-hybridized carbons (Fsp3) is 0.542. The van der Waals surface area contributed by atoms with Crippen LogP contribution in [0.25, 0.3) is 22.3 Å². The fourth-order valence-electron chi connectivity index (χ4n) is 5.15. The van der Waals surface area contributed by atoms with E-state index < -0.39 is 0 Å². The van der Waals surface area contributed by atoms with Crippen molar-refractivity contribution >= 4 is 16.9 Å². The summed E-state index contributed by atoms with van der Waals surface area (Å²) in [6, 6.07) is 7.39. The Hall–Kier alpha value is -2.51. The summed E-state index contributed by atoms with van der Waals surface area (Å²) in [5.41, 5.74) is 4.33. The largest absolute Gasteiger partial charge is 0.353 e. The van der Waals surface area contributed by atoms with Crippen LogP contribution in [0.4, 0.5) is 5.82 Å². The molecule has 0 unspecified atom stereocenters. The van der Waals surface area contributed by atoms with Gasteiger partial charge in [-0.25, -0.2) is 9.97 Å². The SMILES string of the molecule is CN1CCN(c2cnc(-c3ccc4c(c3)nc3n4CCN(C4CCC4)CC3)cn2)CC1. The topological polar surface area (TPSA) is 53.3 Å². The highest BCUT2D eigenvalue weighted by Gasteiger charge is 2.27. The fourth-order valence-corrected chi connectivity index (χ4v) is 5.15. The summed E-state index contributed by atoms with van der Waals surface area (Å²) in [7, 11) is 2.17. The third kappa shape index (κ3) is 3.59. The molecule has 1 aromatic carbocycles. The van der Waals surface area contributed by atoms with E-state index >= 15 is 0 Å². The molecule has 3 aliphatic rings. The van der Waals surface area contributed by atoms with Gasteiger partial charge in [-0.05, 0) is 32.0 Å². The van der Waals surface area contributed by atoms with Gasteiger partial charge in [0.15, 0.2) is 0 Å². The molecule has 7 nitrogen and oxygen atoms in total. The zero-order valence-corrected chi connectivity index (χ0v) is 18.4. The number of aromatic nitrogens is 4. The first-order valence-electron chi connectivity index (χ1n) is 11.7. The van der Waals surface area contributed by atoms with Crippen LogP contribution >= 0.6 is 0 Å². The third-order valence-corrected chi connectivity index (χ3v) is 7.41. The van der Waals surface area contributed by atoms with Crippen LogP contribution in [0.5, 0.6) is 0 Å². The third-order valence-electron chi connectivity index (χ3n) is 7.41. The van der Waals surface area contributed by atoms with Crippen LogP contribution in [0, 0.1) is 0 Å². The summed E-state index contributed by atoms with van der Waals surface area (Å²) in [6.45, 7) is 7.49. The highest BCUT2D eigenvalue weighted by Crippen LogP contribution is 2.29. The Labute approximate surface area is 183 Å². The molecule has 4 heterocycles. The number of hydrogen-bond acceptors (Lipinski definition) is 6. The van der Waals surface area contributed by atoms with Gasteiger partial charge in [0.25, 0.3) is 0 Å². The van der Waals surface area contributed by atoms with Gasteiger partial charge in [-0.15, -0.1) is 0 Å². The lowest BCUT2D eigenvalue weighted by molar-refractivity contribution is 0.130. The second-order valence-corrected chi connectivity index (χ2v) is 9.30. The van der Waals surface area contributed by atoms with Gasteiger partial charge in [0.1, 0.15) is 11.6 Å². The molecular formula is C24H31N7. The van der Waals surface area contributed by atoms with Crippen molar-refractivity contribution in [3.05, 3.63) is 36.4 Å². The monoisotopic (exact) mass is 417 g/mol. The standard InChI is InChI=1S/C24H31N7/c1-28-9-11-30(12-10-28)24-17-25-21(16-26-24)18-5-6-22-20(15-18)27-23-7-8-29(13-14-31(22)23)19-3-2-4-19/h5-6,15-17,19H,2-4,7-14H2,1H3. The van der Waals surface area contributed by atoms with Crippen molar-refractivity contribution in [2.24, 2.45) is 0 Å². The van der Waals surface area contributed by atoms with E-state index in [4.69, 9.17) is 15.0 Å². The first-order chi connectivity index (χ1) is 15.2.